The molecule has 0 N–H and O–H groups in total. The lowest BCUT2D eigenvalue weighted by atomic mass is 10.1. The number of benzene rings is 1. The summed E-state index contributed by atoms with van der Waals surface area (Å²) in [4.78, 5) is 1.77. The van der Waals surface area contributed by atoms with Crippen molar-refractivity contribution in [3.8, 4) is 11.3 Å². The Hall–Kier alpha value is -1.28. The van der Waals surface area contributed by atoms with E-state index in [9.17, 15) is 19.4 Å². The van der Waals surface area contributed by atoms with Crippen molar-refractivity contribution in [2.45, 2.75) is 11.8 Å². The highest BCUT2D eigenvalue weighted by Gasteiger charge is 2.65. The monoisotopic (exact) mass is 319 g/mol. The topological polar surface area (TPSA) is 26.0 Å². The lowest BCUT2D eigenvalue weighted by Gasteiger charge is -2.40. The van der Waals surface area contributed by atoms with Crippen molar-refractivity contribution in [1.29, 1.82) is 0 Å². The Bertz CT molecular complexity index is 634. The lowest BCUT2D eigenvalue weighted by Crippen LogP contribution is -2.05. The largest absolute Gasteiger partial charge is 0.427 e. The van der Waals surface area contributed by atoms with Crippen molar-refractivity contribution in [3.05, 3.63) is 35.3 Å². The fourth-order valence-corrected chi connectivity index (χ4v) is 2.35. The maximum absolute atomic E-state index is 12.5. The van der Waals surface area contributed by atoms with Crippen LogP contribution in [0.15, 0.2) is 33.6 Å². The van der Waals surface area contributed by atoms with E-state index in [-0.39, 0.29) is 16.7 Å². The van der Waals surface area contributed by atoms with Crippen molar-refractivity contribution >= 4 is 21.8 Å². The number of oxazole rings is 1. The molecule has 0 aliphatic rings. The summed E-state index contributed by atoms with van der Waals surface area (Å²) in [5.74, 6) is 0.138. The van der Waals surface area contributed by atoms with Crippen molar-refractivity contribution in [2.75, 3.05) is 0 Å². The summed E-state index contributed by atoms with van der Waals surface area (Å²) < 4.78 is 67.5. The fourth-order valence-electron chi connectivity index (χ4n) is 1.49. The van der Waals surface area contributed by atoms with E-state index in [0.29, 0.717) is 17.8 Å². The molecule has 0 unspecified atom stereocenters. The molecule has 19 heavy (non-hydrogen) atoms. The Balaban J connectivity index is 2.49. The molecule has 1 aromatic heterocycles. The first-order chi connectivity index (χ1) is 8.36. The van der Waals surface area contributed by atoms with Gasteiger partial charge in [-0.05, 0) is 42.8 Å². The van der Waals surface area contributed by atoms with Gasteiger partial charge < -0.3 is 4.42 Å². The minimum atomic E-state index is -9.64. The van der Waals surface area contributed by atoms with Gasteiger partial charge in [-0.2, -0.15) is 0 Å². The number of hydrogen-bond donors (Lipinski definition) is 0. The number of aryl methyl sites for hydroxylation is 1. The maximum atomic E-state index is 12.5. The first-order valence-corrected chi connectivity index (χ1v) is 7.17. The summed E-state index contributed by atoms with van der Waals surface area (Å²) in [6.45, 7) is 1.53. The van der Waals surface area contributed by atoms with E-state index in [1.165, 1.54) is 6.92 Å². The maximum Gasteiger partial charge on any atom is 0.310 e. The molecule has 0 radical (unpaired) electrons. The number of hydrogen-bond acceptors (Lipinski definition) is 2. The van der Waals surface area contributed by atoms with Gasteiger partial charge in [-0.1, -0.05) is 19.4 Å². The van der Waals surface area contributed by atoms with E-state index in [4.69, 9.17) is 16.0 Å². The van der Waals surface area contributed by atoms with Crippen LogP contribution in [0.4, 0.5) is 19.4 Å². The van der Waals surface area contributed by atoms with Gasteiger partial charge in [-0.25, -0.2) is 4.98 Å². The molecule has 0 atom stereocenters. The number of nitrogens with zero attached hydrogens (tertiary/aromatic N) is 1. The van der Waals surface area contributed by atoms with Gasteiger partial charge in [0.25, 0.3) is 5.35 Å². The number of aromatic nitrogens is 1. The second kappa shape index (κ2) is 3.43. The Labute approximate surface area is 109 Å². The van der Waals surface area contributed by atoms with Crippen LogP contribution in [-0.2, 0) is 0 Å². The average Bonchev–Trinajstić information content (AvgIpc) is 2.55. The smallest absolute Gasteiger partial charge is 0.310 e. The van der Waals surface area contributed by atoms with Gasteiger partial charge in [0.1, 0.15) is 4.90 Å². The van der Waals surface area contributed by atoms with Gasteiger partial charge in [-0.15, -0.1) is 0 Å². The second-order valence-corrected chi connectivity index (χ2v) is 6.61. The summed E-state index contributed by atoms with van der Waals surface area (Å²) in [7, 11) is -9.64. The Morgan fingerprint density at radius 3 is 1.95 bits per heavy atom. The highest BCUT2D eigenvalue weighted by molar-refractivity contribution is 8.45. The van der Waals surface area contributed by atoms with Crippen molar-refractivity contribution in [1.82, 2.24) is 4.98 Å². The number of rotatable bonds is 2. The van der Waals surface area contributed by atoms with Crippen LogP contribution in [-0.4, -0.2) is 4.98 Å². The van der Waals surface area contributed by atoms with Gasteiger partial charge in [0, 0.05) is 5.56 Å². The Kier molecular flexibility index (Phi) is 2.55. The summed E-state index contributed by atoms with van der Waals surface area (Å²) in [6, 6.07) is 2.40. The van der Waals surface area contributed by atoms with E-state index < -0.39 is 15.1 Å². The second-order valence-electron chi connectivity index (χ2n) is 3.87. The SMILES string of the molecule is Cc1nc(Cl)oc1-c1ccc(S(F)(F)(F)(F)F)cc1. The third-order valence-electron chi connectivity index (χ3n) is 2.33. The van der Waals surface area contributed by atoms with Crippen LogP contribution in [0.2, 0.25) is 5.35 Å². The minimum Gasteiger partial charge on any atom is -0.427 e. The van der Waals surface area contributed by atoms with E-state index in [0.717, 1.165) is 12.1 Å². The quantitative estimate of drug-likeness (QED) is 0.638. The van der Waals surface area contributed by atoms with Crippen molar-refractivity contribution in [2.24, 2.45) is 0 Å². The molecule has 0 aliphatic carbocycles. The van der Waals surface area contributed by atoms with Gasteiger partial charge in [-0.3, -0.25) is 0 Å². The molecule has 2 nitrogen and oxygen atoms in total. The predicted molar refractivity (Wildman–Crippen MR) is 63.1 cm³/mol. The third-order valence-corrected chi connectivity index (χ3v) is 3.66. The molecule has 1 heterocycles. The van der Waals surface area contributed by atoms with Crippen LogP contribution in [0.25, 0.3) is 11.3 Å². The van der Waals surface area contributed by atoms with Crippen LogP contribution in [0, 0.1) is 6.92 Å². The molecule has 106 valence electrons. The Morgan fingerprint density at radius 2 is 1.58 bits per heavy atom. The zero-order valence-electron chi connectivity index (χ0n) is 9.34. The molecule has 0 aliphatic heterocycles. The van der Waals surface area contributed by atoms with E-state index in [2.05, 4.69) is 4.98 Å². The van der Waals surface area contributed by atoms with Gasteiger partial charge in [0.15, 0.2) is 5.76 Å². The van der Waals surface area contributed by atoms with Crippen LogP contribution in [0.1, 0.15) is 5.69 Å². The Morgan fingerprint density at radius 1 is 1.05 bits per heavy atom. The molecule has 0 amide bonds. The fraction of sp³-hybridized carbons (Fsp3) is 0.100. The molecule has 2 aromatic rings. The van der Waals surface area contributed by atoms with Crippen LogP contribution in [0.5, 0.6) is 0 Å². The van der Waals surface area contributed by atoms with Crippen LogP contribution < -0.4 is 0 Å². The summed E-state index contributed by atoms with van der Waals surface area (Å²) in [5, 5.41) is -0.177. The molecule has 0 saturated heterocycles. The zero-order valence-corrected chi connectivity index (χ0v) is 10.9. The molecular weight excluding hydrogens is 313 g/mol. The van der Waals surface area contributed by atoms with Gasteiger partial charge in [0.2, 0.25) is 0 Å². The highest BCUT2D eigenvalue weighted by Crippen LogP contribution is 3.02. The van der Waals surface area contributed by atoms with Crippen molar-refractivity contribution in [3.63, 3.8) is 0 Å². The molecule has 9 heteroatoms. The zero-order chi connectivity index (χ0) is 14.5. The number of halogens is 6. The highest BCUT2D eigenvalue weighted by atomic mass is 35.5. The van der Waals surface area contributed by atoms with E-state index in [1.807, 2.05) is 0 Å². The molecular formula is C10H7ClF5NOS. The molecule has 0 saturated carbocycles. The first kappa shape index (κ1) is 14.1. The van der Waals surface area contributed by atoms with Crippen LogP contribution >= 0.6 is 21.8 Å². The first-order valence-electron chi connectivity index (χ1n) is 4.84. The third kappa shape index (κ3) is 3.01. The van der Waals surface area contributed by atoms with Crippen molar-refractivity contribution < 1.29 is 23.8 Å². The molecule has 2 rings (SSSR count). The van der Waals surface area contributed by atoms with Gasteiger partial charge >= 0.3 is 10.2 Å². The molecule has 0 fully saturated rings. The standard InChI is InChI=1S/C10H7ClF5NOS/c1-6-9(18-10(11)17-6)7-2-4-8(5-3-7)19(12,13,14,15)16/h2-5H,1H3. The lowest BCUT2D eigenvalue weighted by molar-refractivity contribution is 0.364. The predicted octanol–water partition coefficient (Wildman–Crippen LogP) is 5.96. The molecule has 1 aromatic carbocycles. The summed E-state index contributed by atoms with van der Waals surface area (Å²) in [5.41, 5.74) is 0.535. The molecule has 0 spiro atoms. The van der Waals surface area contributed by atoms with E-state index in [1.54, 1.807) is 0 Å². The van der Waals surface area contributed by atoms with E-state index >= 15 is 0 Å². The average molecular weight is 320 g/mol. The van der Waals surface area contributed by atoms with Crippen LogP contribution in [0.3, 0.4) is 0 Å². The normalized spacial score (nSPS) is 15.9. The summed E-state index contributed by atoms with van der Waals surface area (Å²) >= 11 is 5.49. The van der Waals surface area contributed by atoms with Gasteiger partial charge in [0.05, 0.1) is 5.69 Å². The minimum absolute atomic E-state index is 0.138. The summed E-state index contributed by atoms with van der Waals surface area (Å²) in [6.07, 6.45) is 0. The molecule has 0 bridgehead atoms.